The lowest BCUT2D eigenvalue weighted by Crippen LogP contribution is -2.46. The van der Waals surface area contributed by atoms with Crippen molar-refractivity contribution in [3.8, 4) is 0 Å². The Morgan fingerprint density at radius 1 is 1.20 bits per heavy atom. The fourth-order valence-corrected chi connectivity index (χ4v) is 4.32. The summed E-state index contributed by atoms with van der Waals surface area (Å²) < 4.78 is 11.5. The van der Waals surface area contributed by atoms with Crippen molar-refractivity contribution in [3.63, 3.8) is 0 Å². The Morgan fingerprint density at radius 2 is 2.00 bits per heavy atom. The predicted octanol–water partition coefficient (Wildman–Crippen LogP) is 3.01. The van der Waals surface area contributed by atoms with Crippen molar-refractivity contribution in [1.82, 2.24) is 20.4 Å². The number of hydrogen-bond donors (Lipinski definition) is 2. The summed E-state index contributed by atoms with van der Waals surface area (Å²) in [6.07, 6.45) is 5.20. The Kier molecular flexibility index (Phi) is 11.5. The first-order chi connectivity index (χ1) is 14.2. The average Bonchev–Trinajstić information content (AvgIpc) is 3.17. The Balaban J connectivity index is 0.00000320. The van der Waals surface area contributed by atoms with E-state index in [-0.39, 0.29) is 30.0 Å². The number of hydrogen-bond acceptors (Lipinski definition) is 5. The molecule has 2 N–H and O–H groups in total. The highest BCUT2D eigenvalue weighted by molar-refractivity contribution is 14.0. The summed E-state index contributed by atoms with van der Waals surface area (Å²) in [5.74, 6) is 2.82. The zero-order chi connectivity index (χ0) is 20.5. The van der Waals surface area contributed by atoms with Gasteiger partial charge >= 0.3 is 0 Å². The molecule has 8 heteroatoms. The van der Waals surface area contributed by atoms with Crippen molar-refractivity contribution in [2.75, 3.05) is 59.5 Å². The molecule has 0 aliphatic carbocycles. The van der Waals surface area contributed by atoms with Crippen molar-refractivity contribution >= 4 is 29.9 Å². The molecule has 7 nitrogen and oxygen atoms in total. The van der Waals surface area contributed by atoms with E-state index in [1.54, 1.807) is 0 Å². The van der Waals surface area contributed by atoms with E-state index in [0.717, 1.165) is 75.9 Å². The van der Waals surface area contributed by atoms with E-state index < -0.39 is 0 Å². The highest BCUT2D eigenvalue weighted by Crippen LogP contribution is 2.23. The van der Waals surface area contributed by atoms with Gasteiger partial charge in [0.1, 0.15) is 11.5 Å². The van der Waals surface area contributed by atoms with Gasteiger partial charge in [-0.2, -0.15) is 0 Å². The van der Waals surface area contributed by atoms with Crippen molar-refractivity contribution in [1.29, 1.82) is 0 Å². The van der Waals surface area contributed by atoms with Gasteiger partial charge in [-0.25, -0.2) is 0 Å². The minimum Gasteiger partial charge on any atom is -0.465 e. The van der Waals surface area contributed by atoms with E-state index in [9.17, 15) is 0 Å². The molecule has 1 aromatic rings. The van der Waals surface area contributed by atoms with Crippen LogP contribution in [0.3, 0.4) is 0 Å². The zero-order valence-corrected chi connectivity index (χ0v) is 21.2. The molecule has 2 atom stereocenters. The number of rotatable bonds is 8. The summed E-state index contributed by atoms with van der Waals surface area (Å²) in [6, 6.07) is 5.04. The minimum absolute atomic E-state index is 0. The number of likely N-dealkylation sites (tertiary alicyclic amines) is 1. The minimum atomic E-state index is 0. The molecule has 2 unspecified atom stereocenters. The summed E-state index contributed by atoms with van der Waals surface area (Å²) in [6.45, 7) is 11.9. The van der Waals surface area contributed by atoms with Crippen LogP contribution in [0.4, 0.5) is 0 Å². The number of guanidine groups is 1. The molecular formula is C22H40IN5O2. The van der Waals surface area contributed by atoms with Gasteiger partial charge in [-0.05, 0) is 51.8 Å². The molecule has 0 spiro atoms. The number of nitrogens with zero attached hydrogens (tertiary/aromatic N) is 3. The van der Waals surface area contributed by atoms with Gasteiger partial charge in [-0.15, -0.1) is 24.0 Å². The molecule has 0 radical (unpaired) electrons. The van der Waals surface area contributed by atoms with Crippen LogP contribution in [-0.2, 0) is 4.74 Å². The maximum atomic E-state index is 5.95. The molecule has 30 heavy (non-hydrogen) atoms. The maximum absolute atomic E-state index is 5.95. The highest BCUT2D eigenvalue weighted by atomic mass is 127. The summed E-state index contributed by atoms with van der Waals surface area (Å²) in [4.78, 5) is 9.46. The van der Waals surface area contributed by atoms with Crippen LogP contribution in [-0.4, -0.2) is 81.3 Å². The fraction of sp³-hybridized carbons (Fsp3) is 0.773. The Morgan fingerprint density at radius 3 is 2.67 bits per heavy atom. The second kappa shape index (κ2) is 13.5. The number of furan rings is 1. The normalized spacial score (nSPS) is 22.4. The second-order valence-electron chi connectivity index (χ2n) is 8.23. The summed E-state index contributed by atoms with van der Waals surface area (Å²) >= 11 is 0. The van der Waals surface area contributed by atoms with Crippen LogP contribution in [0.15, 0.2) is 21.5 Å². The van der Waals surface area contributed by atoms with E-state index in [2.05, 4.69) is 38.4 Å². The Labute approximate surface area is 199 Å². The molecule has 3 rings (SSSR count). The number of aliphatic imine (C=N–C) groups is 1. The topological polar surface area (TPSA) is 65.3 Å². The van der Waals surface area contributed by atoms with E-state index in [0.29, 0.717) is 0 Å². The van der Waals surface area contributed by atoms with Crippen molar-refractivity contribution in [2.45, 2.75) is 51.6 Å². The van der Waals surface area contributed by atoms with Crippen molar-refractivity contribution < 1.29 is 9.15 Å². The molecule has 2 saturated heterocycles. The summed E-state index contributed by atoms with van der Waals surface area (Å²) in [7, 11) is 1.84. The molecule has 2 aliphatic heterocycles. The van der Waals surface area contributed by atoms with Crippen molar-refractivity contribution in [2.24, 2.45) is 4.99 Å². The van der Waals surface area contributed by atoms with Crippen LogP contribution in [0.2, 0.25) is 0 Å². The third-order valence-electron chi connectivity index (χ3n) is 6.12. The smallest absolute Gasteiger partial charge is 0.191 e. The lowest BCUT2D eigenvalue weighted by atomic mass is 10.0. The van der Waals surface area contributed by atoms with Crippen LogP contribution < -0.4 is 10.6 Å². The molecule has 0 aromatic carbocycles. The molecule has 3 heterocycles. The third kappa shape index (κ3) is 7.69. The number of aryl methyl sites for hydroxylation is 1. The standard InChI is InChI=1S/C22H39N5O2.HI/c1-18-7-4-5-11-26(18)12-6-10-24-22(23-3)25-17-20(21-9-8-19(2)29-21)27-13-15-28-16-14-27;/h8-9,18,20H,4-7,10-17H2,1-3H3,(H2,23,24,25);1H. The molecule has 1 aromatic heterocycles. The first-order valence-corrected chi connectivity index (χ1v) is 11.2. The predicted molar refractivity (Wildman–Crippen MR) is 133 cm³/mol. The number of morpholine rings is 1. The van der Waals surface area contributed by atoms with E-state index in [4.69, 9.17) is 9.15 Å². The molecule has 0 bridgehead atoms. The van der Waals surface area contributed by atoms with Gasteiger partial charge in [0.25, 0.3) is 0 Å². The fourth-order valence-electron chi connectivity index (χ4n) is 4.32. The lowest BCUT2D eigenvalue weighted by Gasteiger charge is -2.34. The number of ether oxygens (including phenoxy) is 1. The second-order valence-corrected chi connectivity index (χ2v) is 8.23. The lowest BCUT2D eigenvalue weighted by molar-refractivity contribution is 0.0124. The monoisotopic (exact) mass is 533 g/mol. The van der Waals surface area contributed by atoms with Crippen LogP contribution in [0.25, 0.3) is 0 Å². The van der Waals surface area contributed by atoms with Gasteiger partial charge in [0.2, 0.25) is 0 Å². The zero-order valence-electron chi connectivity index (χ0n) is 18.9. The van der Waals surface area contributed by atoms with Gasteiger partial charge in [-0.1, -0.05) is 6.42 Å². The van der Waals surface area contributed by atoms with E-state index >= 15 is 0 Å². The van der Waals surface area contributed by atoms with Crippen molar-refractivity contribution in [3.05, 3.63) is 23.7 Å². The Hall–Kier alpha value is -0.840. The first kappa shape index (κ1) is 25.4. The third-order valence-corrected chi connectivity index (χ3v) is 6.12. The van der Waals surface area contributed by atoms with E-state index in [1.165, 1.54) is 25.8 Å². The molecule has 0 saturated carbocycles. The van der Waals surface area contributed by atoms with Crippen LogP contribution in [0.5, 0.6) is 0 Å². The van der Waals surface area contributed by atoms with Crippen LogP contribution in [0.1, 0.15) is 50.2 Å². The molecule has 172 valence electrons. The van der Waals surface area contributed by atoms with Gasteiger partial charge in [0, 0.05) is 45.8 Å². The summed E-state index contributed by atoms with van der Waals surface area (Å²) in [5.41, 5.74) is 0. The highest BCUT2D eigenvalue weighted by Gasteiger charge is 2.25. The quantitative estimate of drug-likeness (QED) is 0.232. The number of nitrogens with one attached hydrogen (secondary N) is 2. The van der Waals surface area contributed by atoms with E-state index in [1.807, 2.05) is 20.0 Å². The van der Waals surface area contributed by atoms with Crippen LogP contribution in [0, 0.1) is 6.92 Å². The number of piperidine rings is 1. The van der Waals surface area contributed by atoms with Gasteiger partial charge in [0.05, 0.1) is 19.3 Å². The maximum Gasteiger partial charge on any atom is 0.191 e. The molecule has 2 fully saturated rings. The Bertz CT molecular complexity index is 633. The SMILES string of the molecule is CN=C(NCCCN1CCCCC1C)NCC(c1ccc(C)o1)N1CCOCC1.I. The van der Waals surface area contributed by atoms with Gasteiger partial charge in [0.15, 0.2) is 5.96 Å². The summed E-state index contributed by atoms with van der Waals surface area (Å²) in [5, 5.41) is 6.98. The van der Waals surface area contributed by atoms with Crippen LogP contribution >= 0.6 is 24.0 Å². The first-order valence-electron chi connectivity index (χ1n) is 11.2. The van der Waals surface area contributed by atoms with Gasteiger partial charge < -0.3 is 24.7 Å². The molecule has 0 amide bonds. The molecule has 2 aliphatic rings. The number of halogens is 1. The molecular weight excluding hydrogens is 493 g/mol. The van der Waals surface area contributed by atoms with Gasteiger partial charge in [-0.3, -0.25) is 9.89 Å². The largest absolute Gasteiger partial charge is 0.465 e. The average molecular weight is 533 g/mol.